The summed E-state index contributed by atoms with van der Waals surface area (Å²) in [5.41, 5.74) is 3.97. The Morgan fingerprint density at radius 2 is 1.55 bits per heavy atom. The Labute approximate surface area is 133 Å². The molecule has 3 saturated heterocycles. The SMILES string of the molecule is c1ccc(-c2ccc(CN[C@H]3CN4CCC3CC4)cc2)cc1. The minimum atomic E-state index is 0.691. The largest absolute Gasteiger partial charge is 0.308 e. The van der Waals surface area contributed by atoms with Crippen molar-refractivity contribution >= 4 is 0 Å². The Balaban J connectivity index is 1.38. The van der Waals surface area contributed by atoms with E-state index in [0.29, 0.717) is 6.04 Å². The lowest BCUT2D eigenvalue weighted by Crippen LogP contribution is -2.55. The molecular formula is C20H24N2. The monoisotopic (exact) mass is 292 g/mol. The first-order valence-corrected chi connectivity index (χ1v) is 8.48. The summed E-state index contributed by atoms with van der Waals surface area (Å²) in [6, 6.07) is 20.3. The van der Waals surface area contributed by atoms with Gasteiger partial charge in [0.15, 0.2) is 0 Å². The zero-order chi connectivity index (χ0) is 14.8. The van der Waals surface area contributed by atoms with Crippen LogP contribution in [0.5, 0.6) is 0 Å². The summed E-state index contributed by atoms with van der Waals surface area (Å²) in [5.74, 6) is 0.897. The molecule has 2 nitrogen and oxygen atoms in total. The van der Waals surface area contributed by atoms with Gasteiger partial charge in [-0.2, -0.15) is 0 Å². The molecule has 0 spiro atoms. The van der Waals surface area contributed by atoms with E-state index in [1.807, 2.05) is 0 Å². The lowest BCUT2D eigenvalue weighted by molar-refractivity contribution is 0.0720. The quantitative estimate of drug-likeness (QED) is 0.927. The minimum absolute atomic E-state index is 0.691. The van der Waals surface area contributed by atoms with Crippen LogP contribution in [-0.4, -0.2) is 30.6 Å². The third-order valence-corrected chi connectivity index (χ3v) is 5.29. The van der Waals surface area contributed by atoms with E-state index in [0.717, 1.165) is 12.5 Å². The van der Waals surface area contributed by atoms with Gasteiger partial charge in [0.25, 0.3) is 0 Å². The van der Waals surface area contributed by atoms with Crippen molar-refractivity contribution in [1.82, 2.24) is 10.2 Å². The molecule has 22 heavy (non-hydrogen) atoms. The fourth-order valence-electron chi connectivity index (χ4n) is 3.89. The number of rotatable bonds is 4. The molecule has 2 bridgehead atoms. The van der Waals surface area contributed by atoms with Crippen LogP contribution in [0, 0.1) is 5.92 Å². The second kappa shape index (κ2) is 6.23. The van der Waals surface area contributed by atoms with Gasteiger partial charge in [0.1, 0.15) is 0 Å². The van der Waals surface area contributed by atoms with Gasteiger partial charge in [0.05, 0.1) is 0 Å². The number of benzene rings is 2. The fraction of sp³-hybridized carbons (Fsp3) is 0.400. The second-order valence-electron chi connectivity index (χ2n) is 6.69. The highest BCUT2D eigenvalue weighted by atomic mass is 15.2. The third-order valence-electron chi connectivity index (χ3n) is 5.29. The maximum Gasteiger partial charge on any atom is 0.0227 e. The van der Waals surface area contributed by atoms with Crippen LogP contribution in [0.1, 0.15) is 18.4 Å². The number of fused-ring (bicyclic) bond motifs is 3. The molecule has 0 aliphatic carbocycles. The van der Waals surface area contributed by atoms with Crippen molar-refractivity contribution in [2.75, 3.05) is 19.6 Å². The Kier molecular flexibility index (Phi) is 3.96. The van der Waals surface area contributed by atoms with Gasteiger partial charge < -0.3 is 10.2 Å². The van der Waals surface area contributed by atoms with Crippen molar-refractivity contribution in [2.45, 2.75) is 25.4 Å². The first-order valence-electron chi connectivity index (χ1n) is 8.48. The van der Waals surface area contributed by atoms with Crippen molar-refractivity contribution in [3.8, 4) is 11.1 Å². The fourth-order valence-corrected chi connectivity index (χ4v) is 3.89. The number of hydrogen-bond donors (Lipinski definition) is 1. The van der Waals surface area contributed by atoms with Crippen LogP contribution in [0.25, 0.3) is 11.1 Å². The van der Waals surface area contributed by atoms with Gasteiger partial charge in [-0.25, -0.2) is 0 Å². The van der Waals surface area contributed by atoms with Crippen LogP contribution in [0.2, 0.25) is 0 Å². The Morgan fingerprint density at radius 1 is 0.864 bits per heavy atom. The molecule has 3 heterocycles. The molecule has 1 atom stereocenters. The van der Waals surface area contributed by atoms with E-state index in [9.17, 15) is 0 Å². The molecule has 0 amide bonds. The van der Waals surface area contributed by atoms with E-state index in [1.54, 1.807) is 0 Å². The average Bonchev–Trinajstić information content (AvgIpc) is 2.62. The Hall–Kier alpha value is -1.64. The minimum Gasteiger partial charge on any atom is -0.308 e. The molecule has 0 unspecified atom stereocenters. The summed E-state index contributed by atoms with van der Waals surface area (Å²) in [6.07, 6.45) is 2.76. The summed E-state index contributed by atoms with van der Waals surface area (Å²) in [4.78, 5) is 2.61. The molecule has 2 aromatic rings. The van der Waals surface area contributed by atoms with Crippen LogP contribution in [0.3, 0.4) is 0 Å². The van der Waals surface area contributed by atoms with E-state index in [1.165, 1.54) is 49.2 Å². The van der Waals surface area contributed by atoms with Gasteiger partial charge >= 0.3 is 0 Å². The first kappa shape index (κ1) is 14.0. The normalized spacial score (nSPS) is 27.0. The summed E-state index contributed by atoms with van der Waals surface area (Å²) >= 11 is 0. The molecule has 1 N–H and O–H groups in total. The smallest absolute Gasteiger partial charge is 0.0227 e. The number of hydrogen-bond acceptors (Lipinski definition) is 2. The van der Waals surface area contributed by atoms with Gasteiger partial charge in [-0.05, 0) is 48.5 Å². The van der Waals surface area contributed by atoms with E-state index in [2.05, 4.69) is 64.8 Å². The first-order chi connectivity index (χ1) is 10.9. The molecule has 114 valence electrons. The van der Waals surface area contributed by atoms with Gasteiger partial charge in [-0.1, -0.05) is 54.6 Å². The number of nitrogens with zero attached hydrogens (tertiary/aromatic N) is 1. The standard InChI is InChI=1S/C20H24N2/c1-2-4-17(5-3-1)18-8-6-16(7-9-18)14-21-20-15-22-12-10-19(20)11-13-22/h1-9,19-21H,10-15H2/t20-/m0/s1. The van der Waals surface area contributed by atoms with Crippen molar-refractivity contribution < 1.29 is 0 Å². The van der Waals surface area contributed by atoms with Crippen molar-refractivity contribution in [1.29, 1.82) is 0 Å². The zero-order valence-electron chi connectivity index (χ0n) is 13.0. The highest BCUT2D eigenvalue weighted by Crippen LogP contribution is 2.27. The molecule has 3 fully saturated rings. The van der Waals surface area contributed by atoms with Crippen molar-refractivity contribution in [3.05, 3.63) is 60.2 Å². The lowest BCUT2D eigenvalue weighted by atomic mass is 9.84. The van der Waals surface area contributed by atoms with Crippen LogP contribution in [0.4, 0.5) is 0 Å². The van der Waals surface area contributed by atoms with E-state index in [4.69, 9.17) is 0 Å². The molecule has 5 rings (SSSR count). The van der Waals surface area contributed by atoms with Crippen molar-refractivity contribution in [2.24, 2.45) is 5.92 Å². The molecule has 2 heteroatoms. The second-order valence-corrected chi connectivity index (χ2v) is 6.69. The summed E-state index contributed by atoms with van der Waals surface area (Å²) in [5, 5.41) is 3.79. The highest BCUT2D eigenvalue weighted by molar-refractivity contribution is 5.63. The number of nitrogens with one attached hydrogen (secondary N) is 1. The maximum absolute atomic E-state index is 3.79. The third kappa shape index (κ3) is 2.94. The van der Waals surface area contributed by atoms with Gasteiger partial charge in [-0.3, -0.25) is 0 Å². The number of piperidine rings is 3. The topological polar surface area (TPSA) is 15.3 Å². The molecule has 0 saturated carbocycles. The summed E-state index contributed by atoms with van der Waals surface area (Å²) < 4.78 is 0. The summed E-state index contributed by atoms with van der Waals surface area (Å²) in [6.45, 7) is 4.86. The van der Waals surface area contributed by atoms with E-state index >= 15 is 0 Å². The predicted molar refractivity (Wildman–Crippen MR) is 91.7 cm³/mol. The molecule has 0 aromatic heterocycles. The van der Waals surface area contributed by atoms with Crippen LogP contribution < -0.4 is 5.32 Å². The predicted octanol–water partition coefficient (Wildman–Crippen LogP) is 3.54. The maximum atomic E-state index is 3.79. The molecule has 3 aliphatic heterocycles. The highest BCUT2D eigenvalue weighted by Gasteiger charge is 2.33. The van der Waals surface area contributed by atoms with Gasteiger partial charge in [0, 0.05) is 19.1 Å². The lowest BCUT2D eigenvalue weighted by Gasteiger charge is -2.45. The molecule has 2 aromatic carbocycles. The Bertz CT molecular complexity index is 597. The van der Waals surface area contributed by atoms with Gasteiger partial charge in [0.2, 0.25) is 0 Å². The molecule has 3 aliphatic rings. The van der Waals surface area contributed by atoms with Gasteiger partial charge in [-0.15, -0.1) is 0 Å². The van der Waals surface area contributed by atoms with E-state index in [-0.39, 0.29) is 0 Å². The van der Waals surface area contributed by atoms with E-state index < -0.39 is 0 Å². The zero-order valence-corrected chi connectivity index (χ0v) is 13.0. The van der Waals surface area contributed by atoms with Crippen LogP contribution >= 0.6 is 0 Å². The molecule has 0 radical (unpaired) electrons. The average molecular weight is 292 g/mol. The Morgan fingerprint density at radius 3 is 2.18 bits per heavy atom. The van der Waals surface area contributed by atoms with Crippen LogP contribution in [-0.2, 0) is 6.54 Å². The van der Waals surface area contributed by atoms with Crippen LogP contribution in [0.15, 0.2) is 54.6 Å². The summed E-state index contributed by atoms with van der Waals surface area (Å²) in [7, 11) is 0. The van der Waals surface area contributed by atoms with Crippen molar-refractivity contribution in [3.63, 3.8) is 0 Å². The molecular weight excluding hydrogens is 268 g/mol.